The summed E-state index contributed by atoms with van der Waals surface area (Å²) in [6.07, 6.45) is 65.1. The topological polar surface area (TPSA) is 78.9 Å². The fraction of sp³-hybridized carbons (Fsp3) is 0.918. The van der Waals surface area contributed by atoms with E-state index in [9.17, 15) is 14.4 Å². The number of unbranched alkanes of at least 4 members (excludes halogenated alkanes) is 43. The SMILES string of the molecule is CCCCCCCCCC/C=C\CCCCCCCCCCCCCCCCCC(=O)OCC(COC(=O)CCCCCCCCCCCCC)OC(=O)CCCCCCCCCCCCC. The van der Waals surface area contributed by atoms with Crippen molar-refractivity contribution < 1.29 is 28.6 Å². The average molecular weight is 946 g/mol. The van der Waals surface area contributed by atoms with Gasteiger partial charge in [0.1, 0.15) is 13.2 Å². The lowest BCUT2D eigenvalue weighted by atomic mass is 10.0. The van der Waals surface area contributed by atoms with Crippen LogP contribution in [-0.2, 0) is 28.6 Å². The highest BCUT2D eigenvalue weighted by Crippen LogP contribution is 2.17. The third kappa shape index (κ3) is 55.0. The van der Waals surface area contributed by atoms with Gasteiger partial charge in [0.15, 0.2) is 6.10 Å². The quantitative estimate of drug-likeness (QED) is 0.0262. The van der Waals surface area contributed by atoms with Crippen LogP contribution in [-0.4, -0.2) is 37.2 Å². The van der Waals surface area contributed by atoms with Crippen molar-refractivity contribution in [2.75, 3.05) is 13.2 Å². The summed E-state index contributed by atoms with van der Waals surface area (Å²) in [7, 11) is 0. The van der Waals surface area contributed by atoms with E-state index in [4.69, 9.17) is 14.2 Å². The second-order valence-corrected chi connectivity index (χ2v) is 20.6. The van der Waals surface area contributed by atoms with Gasteiger partial charge in [0.25, 0.3) is 0 Å². The van der Waals surface area contributed by atoms with Gasteiger partial charge < -0.3 is 14.2 Å². The van der Waals surface area contributed by atoms with E-state index in [1.165, 1.54) is 244 Å². The fourth-order valence-corrected chi connectivity index (χ4v) is 9.21. The zero-order valence-corrected chi connectivity index (χ0v) is 45.5. The van der Waals surface area contributed by atoms with E-state index in [1.807, 2.05) is 0 Å². The highest BCUT2D eigenvalue weighted by molar-refractivity contribution is 5.71. The smallest absolute Gasteiger partial charge is 0.306 e. The van der Waals surface area contributed by atoms with Crippen LogP contribution in [0, 0.1) is 0 Å². The molecule has 0 amide bonds. The van der Waals surface area contributed by atoms with Gasteiger partial charge in [0.2, 0.25) is 0 Å². The molecule has 6 heteroatoms. The first-order valence-electron chi connectivity index (χ1n) is 30.2. The Balaban J connectivity index is 4.08. The molecule has 396 valence electrons. The second-order valence-electron chi connectivity index (χ2n) is 20.6. The lowest BCUT2D eigenvalue weighted by molar-refractivity contribution is -0.167. The molecule has 0 heterocycles. The lowest BCUT2D eigenvalue weighted by Gasteiger charge is -2.18. The Morgan fingerprint density at radius 3 is 0.746 bits per heavy atom. The van der Waals surface area contributed by atoms with Crippen LogP contribution in [0.2, 0.25) is 0 Å². The van der Waals surface area contributed by atoms with E-state index in [-0.39, 0.29) is 31.1 Å². The summed E-state index contributed by atoms with van der Waals surface area (Å²) in [4.78, 5) is 38.0. The molecule has 0 aromatic heterocycles. The molecule has 0 saturated carbocycles. The predicted molar refractivity (Wildman–Crippen MR) is 289 cm³/mol. The van der Waals surface area contributed by atoms with Gasteiger partial charge in [-0.3, -0.25) is 14.4 Å². The number of carbonyl (C=O) groups is 3. The summed E-state index contributed by atoms with van der Waals surface area (Å²) in [6, 6.07) is 0. The van der Waals surface area contributed by atoms with Crippen molar-refractivity contribution in [2.24, 2.45) is 0 Å². The summed E-state index contributed by atoms with van der Waals surface area (Å²) in [5.41, 5.74) is 0. The van der Waals surface area contributed by atoms with Crippen LogP contribution in [0.5, 0.6) is 0 Å². The fourth-order valence-electron chi connectivity index (χ4n) is 9.21. The molecule has 1 atom stereocenters. The van der Waals surface area contributed by atoms with Gasteiger partial charge in [-0.1, -0.05) is 290 Å². The summed E-state index contributed by atoms with van der Waals surface area (Å²) < 4.78 is 16.8. The molecule has 6 nitrogen and oxygen atoms in total. The zero-order valence-electron chi connectivity index (χ0n) is 45.5. The molecule has 0 aliphatic carbocycles. The molecule has 0 aromatic rings. The Labute approximate surface area is 418 Å². The van der Waals surface area contributed by atoms with Gasteiger partial charge in [0.05, 0.1) is 0 Å². The van der Waals surface area contributed by atoms with E-state index < -0.39 is 6.10 Å². The predicted octanol–water partition coefficient (Wildman–Crippen LogP) is 20.1. The van der Waals surface area contributed by atoms with Gasteiger partial charge >= 0.3 is 17.9 Å². The van der Waals surface area contributed by atoms with Crippen LogP contribution in [0.4, 0.5) is 0 Å². The maximum atomic E-state index is 12.8. The Bertz CT molecular complexity index is 1040. The summed E-state index contributed by atoms with van der Waals surface area (Å²) in [5, 5.41) is 0. The van der Waals surface area contributed by atoms with E-state index in [0.29, 0.717) is 19.3 Å². The molecule has 1 unspecified atom stereocenters. The van der Waals surface area contributed by atoms with Crippen LogP contribution in [0.1, 0.15) is 342 Å². The number of hydrogen-bond acceptors (Lipinski definition) is 6. The molecule has 0 bridgehead atoms. The summed E-state index contributed by atoms with van der Waals surface area (Å²) in [5.74, 6) is -0.842. The minimum Gasteiger partial charge on any atom is -0.462 e. The monoisotopic (exact) mass is 945 g/mol. The minimum absolute atomic E-state index is 0.0636. The maximum absolute atomic E-state index is 12.8. The molecule has 67 heavy (non-hydrogen) atoms. The van der Waals surface area contributed by atoms with Crippen molar-refractivity contribution in [1.29, 1.82) is 0 Å². The number of rotatable bonds is 56. The molecule has 0 aliphatic heterocycles. The molecule has 0 spiro atoms. The molecule has 0 radical (unpaired) electrons. The normalized spacial score (nSPS) is 12.0. The number of ether oxygens (including phenoxy) is 3. The first kappa shape index (κ1) is 65.1. The summed E-state index contributed by atoms with van der Waals surface area (Å²) in [6.45, 7) is 6.68. The second kappa shape index (κ2) is 56.7. The number of hydrogen-bond donors (Lipinski definition) is 0. The largest absolute Gasteiger partial charge is 0.462 e. The molecular weight excluding hydrogens is 829 g/mol. The van der Waals surface area contributed by atoms with Gasteiger partial charge in [0, 0.05) is 19.3 Å². The van der Waals surface area contributed by atoms with E-state index in [0.717, 1.165) is 57.8 Å². The molecule has 0 fully saturated rings. The van der Waals surface area contributed by atoms with E-state index >= 15 is 0 Å². The first-order valence-corrected chi connectivity index (χ1v) is 30.2. The summed E-state index contributed by atoms with van der Waals surface area (Å²) >= 11 is 0. The van der Waals surface area contributed by atoms with Crippen LogP contribution >= 0.6 is 0 Å². The average Bonchev–Trinajstić information content (AvgIpc) is 3.33. The standard InChI is InChI=1S/C61H116O6/c1-4-7-10-13-16-19-22-23-24-25-26-27-28-29-30-31-32-33-34-35-36-37-40-42-45-48-51-54-60(63)66-57-58(67-61(64)55-52-49-46-43-39-21-18-15-12-9-6-3)56-65-59(62)53-50-47-44-41-38-20-17-14-11-8-5-2/h25-26,58H,4-24,27-57H2,1-3H3/b26-25-. The van der Waals surface area contributed by atoms with Gasteiger partial charge in [-0.15, -0.1) is 0 Å². The number of allylic oxidation sites excluding steroid dienone is 2. The Hall–Kier alpha value is -1.85. The Kier molecular flexibility index (Phi) is 55.2. The Morgan fingerprint density at radius 1 is 0.284 bits per heavy atom. The molecule has 0 saturated heterocycles. The maximum Gasteiger partial charge on any atom is 0.306 e. The third-order valence-corrected chi connectivity index (χ3v) is 13.8. The van der Waals surface area contributed by atoms with Crippen LogP contribution < -0.4 is 0 Å². The van der Waals surface area contributed by atoms with Gasteiger partial charge in [-0.05, 0) is 44.9 Å². The van der Waals surface area contributed by atoms with Crippen molar-refractivity contribution in [3.63, 3.8) is 0 Å². The number of carbonyl (C=O) groups excluding carboxylic acids is 3. The molecule has 0 N–H and O–H groups in total. The minimum atomic E-state index is -0.762. The van der Waals surface area contributed by atoms with Crippen molar-refractivity contribution in [2.45, 2.75) is 348 Å². The molecule has 0 aliphatic rings. The van der Waals surface area contributed by atoms with Crippen molar-refractivity contribution in [3.05, 3.63) is 12.2 Å². The molecule has 0 rings (SSSR count). The van der Waals surface area contributed by atoms with Gasteiger partial charge in [-0.25, -0.2) is 0 Å². The highest BCUT2D eigenvalue weighted by Gasteiger charge is 2.19. The van der Waals surface area contributed by atoms with Crippen LogP contribution in [0.15, 0.2) is 12.2 Å². The third-order valence-electron chi connectivity index (χ3n) is 13.8. The zero-order chi connectivity index (χ0) is 48.6. The van der Waals surface area contributed by atoms with Crippen LogP contribution in [0.25, 0.3) is 0 Å². The Morgan fingerprint density at radius 2 is 0.493 bits per heavy atom. The van der Waals surface area contributed by atoms with Crippen molar-refractivity contribution in [3.8, 4) is 0 Å². The van der Waals surface area contributed by atoms with Crippen molar-refractivity contribution in [1.82, 2.24) is 0 Å². The lowest BCUT2D eigenvalue weighted by Crippen LogP contribution is -2.30. The highest BCUT2D eigenvalue weighted by atomic mass is 16.6. The first-order chi connectivity index (χ1) is 33.0. The van der Waals surface area contributed by atoms with E-state index in [2.05, 4.69) is 32.9 Å². The van der Waals surface area contributed by atoms with Gasteiger partial charge in [-0.2, -0.15) is 0 Å². The molecular formula is C61H116O6. The van der Waals surface area contributed by atoms with Crippen molar-refractivity contribution >= 4 is 17.9 Å². The molecule has 0 aromatic carbocycles. The van der Waals surface area contributed by atoms with E-state index in [1.54, 1.807) is 0 Å². The van der Waals surface area contributed by atoms with Crippen LogP contribution in [0.3, 0.4) is 0 Å². The number of esters is 3.